The molecule has 0 amide bonds. The number of pyridine rings is 1. The van der Waals surface area contributed by atoms with Gasteiger partial charge < -0.3 is 10.6 Å². The molecule has 0 radical (unpaired) electrons. The van der Waals surface area contributed by atoms with E-state index in [0.29, 0.717) is 6.54 Å². The third-order valence-corrected chi connectivity index (χ3v) is 3.20. The van der Waals surface area contributed by atoms with Crippen LogP contribution in [0.25, 0.3) is 0 Å². The zero-order valence-electron chi connectivity index (χ0n) is 10.2. The lowest BCUT2D eigenvalue weighted by Crippen LogP contribution is -2.27. The number of nitrogens with two attached hydrogens (primary N) is 1. The first kappa shape index (κ1) is 11.4. The number of anilines is 1. The van der Waals surface area contributed by atoms with Gasteiger partial charge in [0.05, 0.1) is 0 Å². The summed E-state index contributed by atoms with van der Waals surface area (Å²) in [6.07, 6.45) is 4.67. The van der Waals surface area contributed by atoms with E-state index in [1.54, 1.807) is 0 Å². The van der Waals surface area contributed by atoms with Crippen LogP contribution in [0, 0.1) is 12.8 Å². The minimum Gasteiger partial charge on any atom is -0.356 e. The van der Waals surface area contributed by atoms with Crippen LogP contribution in [0.15, 0.2) is 12.3 Å². The average Bonchev–Trinajstić information content (AvgIpc) is 3.10. The van der Waals surface area contributed by atoms with E-state index in [0.717, 1.165) is 30.4 Å². The van der Waals surface area contributed by atoms with Gasteiger partial charge in [-0.15, -0.1) is 0 Å². The second kappa shape index (κ2) is 4.83. The smallest absolute Gasteiger partial charge is 0.131 e. The maximum absolute atomic E-state index is 5.61. The highest BCUT2D eigenvalue weighted by Gasteiger charge is 2.24. The van der Waals surface area contributed by atoms with E-state index < -0.39 is 0 Å². The van der Waals surface area contributed by atoms with E-state index in [-0.39, 0.29) is 0 Å². The van der Waals surface area contributed by atoms with E-state index in [1.807, 2.05) is 6.20 Å². The van der Waals surface area contributed by atoms with E-state index >= 15 is 0 Å². The van der Waals surface area contributed by atoms with Crippen LogP contribution in [0.5, 0.6) is 0 Å². The van der Waals surface area contributed by atoms with Crippen LogP contribution < -0.4 is 10.6 Å². The lowest BCUT2D eigenvalue weighted by molar-refractivity contribution is 0.728. The van der Waals surface area contributed by atoms with Gasteiger partial charge in [0, 0.05) is 25.8 Å². The molecule has 0 spiro atoms. The highest BCUT2D eigenvalue weighted by Crippen LogP contribution is 2.31. The molecule has 3 nitrogen and oxygen atoms in total. The third-order valence-electron chi connectivity index (χ3n) is 3.20. The summed E-state index contributed by atoms with van der Waals surface area (Å²) >= 11 is 0. The standard InChI is InChI=1S/C13H21N3/c1-3-16(9-11-4-5-11)13-10(2)6-12(7-14)8-15-13/h6,8,11H,3-5,7,9,14H2,1-2H3. The summed E-state index contributed by atoms with van der Waals surface area (Å²) in [4.78, 5) is 6.93. The highest BCUT2D eigenvalue weighted by atomic mass is 15.2. The van der Waals surface area contributed by atoms with Crippen molar-refractivity contribution in [1.29, 1.82) is 0 Å². The van der Waals surface area contributed by atoms with Gasteiger partial charge in [0.15, 0.2) is 0 Å². The molecular weight excluding hydrogens is 198 g/mol. The topological polar surface area (TPSA) is 42.2 Å². The number of rotatable bonds is 5. The molecule has 1 aliphatic rings. The Balaban J connectivity index is 2.15. The first-order valence-corrected chi connectivity index (χ1v) is 6.15. The van der Waals surface area contributed by atoms with Crippen molar-refractivity contribution in [1.82, 2.24) is 4.98 Å². The first-order valence-electron chi connectivity index (χ1n) is 6.15. The summed E-state index contributed by atoms with van der Waals surface area (Å²) in [5.41, 5.74) is 7.97. The van der Waals surface area contributed by atoms with Gasteiger partial charge >= 0.3 is 0 Å². The van der Waals surface area contributed by atoms with E-state index in [2.05, 4.69) is 29.8 Å². The second-order valence-electron chi connectivity index (χ2n) is 4.67. The molecule has 0 atom stereocenters. The minimum absolute atomic E-state index is 0.572. The first-order chi connectivity index (χ1) is 7.74. The van der Waals surface area contributed by atoms with Gasteiger partial charge in [0.1, 0.15) is 5.82 Å². The number of hydrogen-bond donors (Lipinski definition) is 1. The predicted octanol–water partition coefficient (Wildman–Crippen LogP) is 2.09. The molecule has 3 heteroatoms. The Bertz CT molecular complexity index is 358. The Labute approximate surface area is 97.7 Å². The second-order valence-corrected chi connectivity index (χ2v) is 4.67. The largest absolute Gasteiger partial charge is 0.356 e. The Morgan fingerprint density at radius 2 is 2.25 bits per heavy atom. The van der Waals surface area contributed by atoms with Crippen LogP contribution in [-0.2, 0) is 6.54 Å². The van der Waals surface area contributed by atoms with E-state index in [4.69, 9.17) is 5.73 Å². The number of aryl methyl sites for hydroxylation is 1. The Hall–Kier alpha value is -1.09. The molecule has 16 heavy (non-hydrogen) atoms. The lowest BCUT2D eigenvalue weighted by Gasteiger charge is -2.23. The fourth-order valence-electron chi connectivity index (χ4n) is 2.05. The maximum Gasteiger partial charge on any atom is 0.131 e. The van der Waals surface area contributed by atoms with Crippen molar-refractivity contribution in [3.63, 3.8) is 0 Å². The van der Waals surface area contributed by atoms with Gasteiger partial charge in [-0.25, -0.2) is 4.98 Å². The fraction of sp³-hybridized carbons (Fsp3) is 0.615. The fourth-order valence-corrected chi connectivity index (χ4v) is 2.05. The molecule has 1 saturated carbocycles. The molecule has 0 saturated heterocycles. The van der Waals surface area contributed by atoms with Crippen molar-refractivity contribution in [2.45, 2.75) is 33.2 Å². The summed E-state index contributed by atoms with van der Waals surface area (Å²) < 4.78 is 0. The van der Waals surface area contributed by atoms with Gasteiger partial charge in [0.25, 0.3) is 0 Å². The molecule has 1 aliphatic carbocycles. The van der Waals surface area contributed by atoms with Gasteiger partial charge in [-0.1, -0.05) is 0 Å². The Morgan fingerprint density at radius 1 is 1.50 bits per heavy atom. The van der Waals surface area contributed by atoms with Crippen molar-refractivity contribution in [2.75, 3.05) is 18.0 Å². The SMILES string of the molecule is CCN(CC1CC1)c1ncc(CN)cc1C. The molecular formula is C13H21N3. The third kappa shape index (κ3) is 2.53. The molecule has 1 aromatic rings. The molecule has 0 unspecified atom stereocenters. The zero-order valence-corrected chi connectivity index (χ0v) is 10.2. The quantitative estimate of drug-likeness (QED) is 0.824. The van der Waals surface area contributed by atoms with Crippen LogP contribution >= 0.6 is 0 Å². The zero-order chi connectivity index (χ0) is 11.5. The Kier molecular flexibility index (Phi) is 3.44. The molecule has 1 heterocycles. The summed E-state index contributed by atoms with van der Waals surface area (Å²) in [6, 6.07) is 2.15. The van der Waals surface area contributed by atoms with Gasteiger partial charge in [0.2, 0.25) is 0 Å². The predicted molar refractivity (Wildman–Crippen MR) is 67.5 cm³/mol. The molecule has 1 fully saturated rings. The summed E-state index contributed by atoms with van der Waals surface area (Å²) in [6.45, 7) is 7.08. The lowest BCUT2D eigenvalue weighted by atomic mass is 10.2. The molecule has 1 aromatic heterocycles. The molecule has 2 N–H and O–H groups in total. The van der Waals surface area contributed by atoms with Crippen molar-refractivity contribution in [2.24, 2.45) is 11.7 Å². The van der Waals surface area contributed by atoms with E-state index in [9.17, 15) is 0 Å². The summed E-state index contributed by atoms with van der Waals surface area (Å²) in [5, 5.41) is 0. The molecule has 2 rings (SSSR count). The normalized spacial score (nSPS) is 15.2. The van der Waals surface area contributed by atoms with Crippen molar-refractivity contribution < 1.29 is 0 Å². The van der Waals surface area contributed by atoms with Crippen molar-refractivity contribution in [3.8, 4) is 0 Å². The van der Waals surface area contributed by atoms with Crippen LogP contribution in [-0.4, -0.2) is 18.1 Å². The van der Waals surface area contributed by atoms with Crippen LogP contribution in [0.1, 0.15) is 30.9 Å². The summed E-state index contributed by atoms with van der Waals surface area (Å²) in [5.74, 6) is 2.03. The van der Waals surface area contributed by atoms with Crippen molar-refractivity contribution >= 4 is 5.82 Å². The van der Waals surface area contributed by atoms with Crippen LogP contribution in [0.3, 0.4) is 0 Å². The van der Waals surface area contributed by atoms with Gasteiger partial charge in [-0.3, -0.25) is 0 Å². The monoisotopic (exact) mass is 219 g/mol. The number of hydrogen-bond acceptors (Lipinski definition) is 3. The number of nitrogens with zero attached hydrogens (tertiary/aromatic N) is 2. The molecule has 0 aromatic carbocycles. The highest BCUT2D eigenvalue weighted by molar-refractivity contribution is 5.47. The van der Waals surface area contributed by atoms with Crippen molar-refractivity contribution in [3.05, 3.63) is 23.4 Å². The van der Waals surface area contributed by atoms with Crippen LogP contribution in [0.2, 0.25) is 0 Å². The molecule has 0 aliphatic heterocycles. The van der Waals surface area contributed by atoms with Gasteiger partial charge in [-0.2, -0.15) is 0 Å². The van der Waals surface area contributed by atoms with Crippen LogP contribution in [0.4, 0.5) is 5.82 Å². The van der Waals surface area contributed by atoms with Gasteiger partial charge in [-0.05, 0) is 49.8 Å². The maximum atomic E-state index is 5.61. The number of aromatic nitrogens is 1. The molecule has 0 bridgehead atoms. The molecule has 88 valence electrons. The summed E-state index contributed by atoms with van der Waals surface area (Å²) in [7, 11) is 0. The Morgan fingerprint density at radius 3 is 2.75 bits per heavy atom. The average molecular weight is 219 g/mol. The van der Waals surface area contributed by atoms with E-state index in [1.165, 1.54) is 18.4 Å². The minimum atomic E-state index is 0.572.